The monoisotopic (exact) mass is 370 g/mol. The van der Waals surface area contributed by atoms with Gasteiger partial charge in [-0.25, -0.2) is 0 Å². The van der Waals surface area contributed by atoms with Crippen LogP contribution in [0.15, 0.2) is 52.5 Å². The highest BCUT2D eigenvalue weighted by atomic mass is 35.5. The van der Waals surface area contributed by atoms with E-state index >= 15 is 0 Å². The Morgan fingerprint density at radius 3 is 2.43 bits per heavy atom. The van der Waals surface area contributed by atoms with Gasteiger partial charge in [0, 0.05) is 13.0 Å². The summed E-state index contributed by atoms with van der Waals surface area (Å²) in [5.41, 5.74) is 2.43. The first-order valence-electron chi connectivity index (χ1n) is 6.73. The van der Waals surface area contributed by atoms with Crippen molar-refractivity contribution in [1.29, 1.82) is 0 Å². The first-order valence-corrected chi connectivity index (χ1v) is 8.93. The van der Waals surface area contributed by atoms with E-state index in [1.807, 2.05) is 30.3 Å². The molecule has 8 heteroatoms. The Kier molecular flexibility index (Phi) is 4.33. The van der Waals surface area contributed by atoms with E-state index in [4.69, 9.17) is 27.8 Å². The van der Waals surface area contributed by atoms with Gasteiger partial charge in [-0.05, 0) is 17.7 Å². The molecule has 0 atom stereocenters. The number of benzene rings is 2. The summed E-state index contributed by atoms with van der Waals surface area (Å²) < 4.78 is 31.6. The molecule has 3 rings (SSSR count). The standard InChI is InChI=1S/C15H12Cl2N2O3S/c16-11-9-15(23(20,21)22)12(17)8-14(11)19-7-6-13(18-19)10-4-2-1-3-5-10/h1-5,8-9H,6-7H2,(H,20,21,22). The third-order valence-electron chi connectivity index (χ3n) is 3.47. The summed E-state index contributed by atoms with van der Waals surface area (Å²) >= 11 is 12.1. The van der Waals surface area contributed by atoms with Crippen LogP contribution in [-0.4, -0.2) is 25.2 Å². The third kappa shape index (κ3) is 3.35. The fourth-order valence-corrected chi connectivity index (χ4v) is 3.73. The molecule has 2 aromatic rings. The molecule has 2 aromatic carbocycles. The summed E-state index contributed by atoms with van der Waals surface area (Å²) in [6, 6.07) is 12.3. The summed E-state index contributed by atoms with van der Waals surface area (Å²) in [5.74, 6) is 0. The van der Waals surface area contributed by atoms with Crippen LogP contribution in [0.3, 0.4) is 0 Å². The lowest BCUT2D eigenvalue weighted by atomic mass is 10.1. The van der Waals surface area contributed by atoms with Crippen molar-refractivity contribution in [3.8, 4) is 0 Å². The van der Waals surface area contributed by atoms with Gasteiger partial charge in [0.05, 0.1) is 21.4 Å². The minimum Gasteiger partial charge on any atom is -0.282 e. The van der Waals surface area contributed by atoms with E-state index in [1.165, 1.54) is 6.07 Å². The second-order valence-corrected chi connectivity index (χ2v) is 7.20. The van der Waals surface area contributed by atoms with Crippen molar-refractivity contribution in [2.45, 2.75) is 11.3 Å². The molecule has 0 bridgehead atoms. The van der Waals surface area contributed by atoms with Crippen LogP contribution in [0.2, 0.25) is 10.0 Å². The number of anilines is 1. The molecule has 0 saturated carbocycles. The van der Waals surface area contributed by atoms with Gasteiger partial charge in [-0.15, -0.1) is 0 Å². The van der Waals surface area contributed by atoms with Gasteiger partial charge in [0.1, 0.15) is 4.90 Å². The van der Waals surface area contributed by atoms with E-state index in [0.29, 0.717) is 12.2 Å². The molecule has 0 aromatic heterocycles. The van der Waals surface area contributed by atoms with Gasteiger partial charge in [0.15, 0.2) is 0 Å². The molecule has 23 heavy (non-hydrogen) atoms. The fraction of sp³-hybridized carbons (Fsp3) is 0.133. The van der Waals surface area contributed by atoms with Crippen molar-refractivity contribution in [1.82, 2.24) is 0 Å². The molecule has 0 fully saturated rings. The third-order valence-corrected chi connectivity index (χ3v) is 5.09. The van der Waals surface area contributed by atoms with Gasteiger partial charge in [-0.1, -0.05) is 53.5 Å². The molecule has 0 aliphatic carbocycles. The zero-order valence-corrected chi connectivity index (χ0v) is 14.1. The molecule has 0 unspecified atom stereocenters. The van der Waals surface area contributed by atoms with Gasteiger partial charge in [-0.2, -0.15) is 13.5 Å². The Bertz CT molecular complexity index is 883. The van der Waals surface area contributed by atoms with E-state index < -0.39 is 15.0 Å². The molecule has 0 spiro atoms. The van der Waals surface area contributed by atoms with Crippen molar-refractivity contribution in [2.24, 2.45) is 5.10 Å². The zero-order chi connectivity index (χ0) is 16.6. The van der Waals surface area contributed by atoms with Crippen LogP contribution in [0.25, 0.3) is 0 Å². The number of hydrogen-bond donors (Lipinski definition) is 1. The molecular weight excluding hydrogens is 359 g/mol. The minimum absolute atomic E-state index is 0.102. The predicted octanol–water partition coefficient (Wildman–Crippen LogP) is 3.85. The molecule has 1 N–H and O–H groups in total. The minimum atomic E-state index is -4.42. The van der Waals surface area contributed by atoms with Crippen LogP contribution in [0.4, 0.5) is 5.69 Å². The molecule has 5 nitrogen and oxygen atoms in total. The average Bonchev–Trinajstić information content (AvgIpc) is 2.98. The summed E-state index contributed by atoms with van der Waals surface area (Å²) in [5, 5.41) is 6.24. The maximum atomic E-state index is 11.2. The van der Waals surface area contributed by atoms with E-state index in [-0.39, 0.29) is 10.0 Å². The summed E-state index contributed by atoms with van der Waals surface area (Å²) in [6.45, 7) is 0.603. The lowest BCUT2D eigenvalue weighted by Gasteiger charge is -2.16. The van der Waals surface area contributed by atoms with Crippen LogP contribution in [0, 0.1) is 0 Å². The van der Waals surface area contributed by atoms with Gasteiger partial charge in [-0.3, -0.25) is 9.56 Å². The first kappa shape index (κ1) is 16.3. The Balaban J connectivity index is 1.98. The summed E-state index contributed by atoms with van der Waals surface area (Å²) in [7, 11) is -4.42. The SMILES string of the molecule is O=S(=O)(O)c1cc(Cl)c(N2CCC(c3ccccc3)=N2)cc1Cl. The maximum Gasteiger partial charge on any atom is 0.296 e. The number of hydrazone groups is 1. The number of hydrogen-bond acceptors (Lipinski definition) is 4. The maximum absolute atomic E-state index is 11.2. The Hall–Kier alpha value is -1.60. The van der Waals surface area contributed by atoms with Crippen molar-refractivity contribution in [3.05, 3.63) is 58.1 Å². The highest BCUT2D eigenvalue weighted by Gasteiger charge is 2.23. The zero-order valence-electron chi connectivity index (χ0n) is 11.8. The van der Waals surface area contributed by atoms with Gasteiger partial charge in [0.2, 0.25) is 0 Å². The summed E-state index contributed by atoms with van der Waals surface area (Å²) in [6.07, 6.45) is 0.734. The summed E-state index contributed by atoms with van der Waals surface area (Å²) in [4.78, 5) is -0.417. The Morgan fingerprint density at radius 1 is 1.09 bits per heavy atom. The molecule has 0 radical (unpaired) electrons. The largest absolute Gasteiger partial charge is 0.296 e. The number of nitrogens with zero attached hydrogens (tertiary/aromatic N) is 2. The van der Waals surface area contributed by atoms with Gasteiger partial charge < -0.3 is 0 Å². The molecule has 1 heterocycles. The van der Waals surface area contributed by atoms with E-state index in [0.717, 1.165) is 23.8 Å². The van der Waals surface area contributed by atoms with Gasteiger partial charge in [0.25, 0.3) is 10.1 Å². The predicted molar refractivity (Wildman–Crippen MR) is 91.2 cm³/mol. The van der Waals surface area contributed by atoms with Crippen LogP contribution in [0.5, 0.6) is 0 Å². The van der Waals surface area contributed by atoms with Crippen LogP contribution >= 0.6 is 23.2 Å². The molecule has 0 saturated heterocycles. The highest BCUT2D eigenvalue weighted by Crippen LogP contribution is 2.35. The fourth-order valence-electron chi connectivity index (χ4n) is 2.38. The normalized spacial score (nSPS) is 14.9. The second kappa shape index (κ2) is 6.13. The van der Waals surface area contributed by atoms with E-state index in [1.54, 1.807) is 5.01 Å². The number of rotatable bonds is 3. The molecule has 0 amide bonds. The molecule has 1 aliphatic heterocycles. The van der Waals surface area contributed by atoms with Crippen molar-refractivity contribution in [2.75, 3.05) is 11.6 Å². The lowest BCUT2D eigenvalue weighted by molar-refractivity contribution is 0.483. The van der Waals surface area contributed by atoms with Crippen molar-refractivity contribution < 1.29 is 13.0 Å². The lowest BCUT2D eigenvalue weighted by Crippen LogP contribution is -2.13. The van der Waals surface area contributed by atoms with E-state index in [9.17, 15) is 8.42 Å². The quantitative estimate of drug-likeness (QED) is 0.832. The van der Waals surface area contributed by atoms with Crippen LogP contribution in [-0.2, 0) is 10.1 Å². The molecular formula is C15H12Cl2N2O3S. The molecule has 120 valence electrons. The van der Waals surface area contributed by atoms with Crippen molar-refractivity contribution in [3.63, 3.8) is 0 Å². The topological polar surface area (TPSA) is 70.0 Å². The molecule has 1 aliphatic rings. The first-order chi connectivity index (χ1) is 10.9. The highest BCUT2D eigenvalue weighted by molar-refractivity contribution is 7.86. The average molecular weight is 371 g/mol. The van der Waals surface area contributed by atoms with Crippen LogP contribution in [0.1, 0.15) is 12.0 Å². The smallest absolute Gasteiger partial charge is 0.282 e. The Morgan fingerprint density at radius 2 is 1.78 bits per heavy atom. The van der Waals surface area contributed by atoms with Crippen molar-refractivity contribution >= 4 is 44.7 Å². The van der Waals surface area contributed by atoms with Crippen LogP contribution < -0.4 is 5.01 Å². The van der Waals surface area contributed by atoms with Gasteiger partial charge >= 0.3 is 0 Å². The van der Waals surface area contributed by atoms with E-state index in [2.05, 4.69) is 5.10 Å². The number of halogens is 2. The second-order valence-electron chi connectivity index (χ2n) is 4.99. The Labute approximate surface area is 143 Å².